The van der Waals surface area contributed by atoms with Gasteiger partial charge < -0.3 is 19.5 Å². The third-order valence-electron chi connectivity index (χ3n) is 3.56. The van der Waals surface area contributed by atoms with Gasteiger partial charge in [-0.05, 0) is 32.2 Å². The summed E-state index contributed by atoms with van der Waals surface area (Å²) in [6.45, 7) is 4.22. The van der Waals surface area contributed by atoms with Crippen molar-refractivity contribution in [3.63, 3.8) is 0 Å². The first-order valence-electron chi connectivity index (χ1n) is 6.34. The molecule has 16 heavy (non-hydrogen) atoms. The summed E-state index contributed by atoms with van der Waals surface area (Å²) in [5, 5.41) is 3.31. The predicted molar refractivity (Wildman–Crippen MR) is 61.6 cm³/mol. The highest BCUT2D eigenvalue weighted by atomic mass is 16.5. The van der Waals surface area contributed by atoms with Crippen LogP contribution in [-0.2, 0) is 14.2 Å². The molecule has 0 aromatic carbocycles. The minimum atomic E-state index is 0.224. The van der Waals surface area contributed by atoms with Crippen molar-refractivity contribution in [3.05, 3.63) is 0 Å². The molecule has 2 aliphatic rings. The Balaban J connectivity index is 1.70. The first kappa shape index (κ1) is 12.3. The Bertz CT molecular complexity index is 195. The number of nitrogens with one attached hydrogen (secondary N) is 1. The maximum absolute atomic E-state index is 5.98. The largest absolute Gasteiger partial charge is 0.381 e. The SMILES string of the molecule is CNC1CCOCC1OCC1CCOCC1. The van der Waals surface area contributed by atoms with E-state index >= 15 is 0 Å². The average molecular weight is 229 g/mol. The van der Waals surface area contributed by atoms with Gasteiger partial charge in [0.2, 0.25) is 0 Å². The fourth-order valence-corrected chi connectivity index (χ4v) is 2.38. The van der Waals surface area contributed by atoms with Crippen molar-refractivity contribution in [3.8, 4) is 0 Å². The Morgan fingerprint density at radius 1 is 1.12 bits per heavy atom. The first-order chi connectivity index (χ1) is 7.90. The van der Waals surface area contributed by atoms with E-state index in [0.29, 0.717) is 12.0 Å². The van der Waals surface area contributed by atoms with E-state index in [2.05, 4.69) is 5.32 Å². The molecule has 4 heteroatoms. The first-order valence-corrected chi connectivity index (χ1v) is 6.34. The molecule has 2 aliphatic heterocycles. The highest BCUT2D eigenvalue weighted by molar-refractivity contribution is 4.79. The summed E-state index contributed by atoms with van der Waals surface area (Å²) in [6, 6.07) is 0.452. The van der Waals surface area contributed by atoms with Gasteiger partial charge in [0.25, 0.3) is 0 Å². The van der Waals surface area contributed by atoms with E-state index in [-0.39, 0.29) is 6.10 Å². The van der Waals surface area contributed by atoms with Crippen molar-refractivity contribution < 1.29 is 14.2 Å². The normalized spacial score (nSPS) is 32.8. The Hall–Kier alpha value is -0.160. The third-order valence-corrected chi connectivity index (χ3v) is 3.56. The molecule has 0 aromatic heterocycles. The standard InChI is InChI=1S/C12H23NO3/c1-13-11-4-7-15-9-12(11)16-8-10-2-5-14-6-3-10/h10-13H,2-9H2,1H3. The molecule has 0 spiro atoms. The van der Waals surface area contributed by atoms with Gasteiger partial charge in [0.15, 0.2) is 0 Å². The Morgan fingerprint density at radius 2 is 1.88 bits per heavy atom. The maximum atomic E-state index is 5.98. The Kier molecular flexibility index (Phi) is 5.03. The van der Waals surface area contributed by atoms with Crippen LogP contribution in [0.15, 0.2) is 0 Å². The van der Waals surface area contributed by atoms with E-state index in [1.807, 2.05) is 7.05 Å². The number of rotatable bonds is 4. The zero-order valence-electron chi connectivity index (χ0n) is 10.1. The summed E-state index contributed by atoms with van der Waals surface area (Å²) >= 11 is 0. The van der Waals surface area contributed by atoms with Gasteiger partial charge in [-0.2, -0.15) is 0 Å². The average Bonchev–Trinajstić information content (AvgIpc) is 2.38. The fourth-order valence-electron chi connectivity index (χ4n) is 2.38. The second kappa shape index (κ2) is 6.55. The van der Waals surface area contributed by atoms with E-state index in [0.717, 1.165) is 52.3 Å². The summed E-state index contributed by atoms with van der Waals surface area (Å²) < 4.78 is 16.8. The van der Waals surface area contributed by atoms with Crippen LogP contribution in [0.25, 0.3) is 0 Å². The van der Waals surface area contributed by atoms with Gasteiger partial charge in [-0.3, -0.25) is 0 Å². The van der Waals surface area contributed by atoms with Crippen LogP contribution in [0, 0.1) is 5.92 Å². The Morgan fingerprint density at radius 3 is 2.62 bits per heavy atom. The van der Waals surface area contributed by atoms with Crippen LogP contribution < -0.4 is 5.32 Å². The quantitative estimate of drug-likeness (QED) is 0.774. The minimum absolute atomic E-state index is 0.224. The van der Waals surface area contributed by atoms with Crippen LogP contribution in [0.4, 0.5) is 0 Å². The van der Waals surface area contributed by atoms with Crippen molar-refractivity contribution in [1.29, 1.82) is 0 Å². The van der Waals surface area contributed by atoms with Crippen LogP contribution in [0.1, 0.15) is 19.3 Å². The lowest BCUT2D eigenvalue weighted by atomic mass is 10.0. The van der Waals surface area contributed by atoms with E-state index in [1.54, 1.807) is 0 Å². The van der Waals surface area contributed by atoms with Gasteiger partial charge in [-0.15, -0.1) is 0 Å². The van der Waals surface area contributed by atoms with Crippen LogP contribution in [0.3, 0.4) is 0 Å². The number of likely N-dealkylation sites (N-methyl/N-ethyl adjacent to an activating group) is 1. The van der Waals surface area contributed by atoms with Gasteiger partial charge in [-0.1, -0.05) is 0 Å². The molecule has 4 nitrogen and oxygen atoms in total. The van der Waals surface area contributed by atoms with Gasteiger partial charge in [-0.25, -0.2) is 0 Å². The molecule has 2 fully saturated rings. The van der Waals surface area contributed by atoms with E-state index in [9.17, 15) is 0 Å². The zero-order chi connectivity index (χ0) is 11.2. The van der Waals surface area contributed by atoms with Crippen molar-refractivity contribution in [2.45, 2.75) is 31.4 Å². The van der Waals surface area contributed by atoms with E-state index < -0.39 is 0 Å². The van der Waals surface area contributed by atoms with Crippen molar-refractivity contribution in [2.24, 2.45) is 5.92 Å². The summed E-state index contributed by atoms with van der Waals surface area (Å²) in [7, 11) is 2.00. The van der Waals surface area contributed by atoms with Gasteiger partial charge in [0.05, 0.1) is 19.3 Å². The van der Waals surface area contributed by atoms with Crippen molar-refractivity contribution in [1.82, 2.24) is 5.32 Å². The molecule has 2 atom stereocenters. The van der Waals surface area contributed by atoms with Gasteiger partial charge in [0.1, 0.15) is 0 Å². The van der Waals surface area contributed by atoms with E-state index in [1.165, 1.54) is 0 Å². The molecule has 0 saturated carbocycles. The lowest BCUT2D eigenvalue weighted by Crippen LogP contribution is -2.47. The fraction of sp³-hybridized carbons (Fsp3) is 1.00. The molecule has 2 unspecified atom stereocenters. The minimum Gasteiger partial charge on any atom is -0.381 e. The summed E-state index contributed by atoms with van der Waals surface area (Å²) in [5.41, 5.74) is 0. The maximum Gasteiger partial charge on any atom is 0.0961 e. The highest BCUT2D eigenvalue weighted by Crippen LogP contribution is 2.18. The highest BCUT2D eigenvalue weighted by Gasteiger charge is 2.26. The second-order valence-electron chi connectivity index (χ2n) is 4.69. The summed E-state index contributed by atoms with van der Waals surface area (Å²) in [5.74, 6) is 0.674. The molecule has 0 radical (unpaired) electrons. The zero-order valence-corrected chi connectivity index (χ0v) is 10.1. The monoisotopic (exact) mass is 229 g/mol. The molecule has 1 N–H and O–H groups in total. The topological polar surface area (TPSA) is 39.7 Å². The molecular weight excluding hydrogens is 206 g/mol. The van der Waals surface area contributed by atoms with Gasteiger partial charge in [0, 0.05) is 25.9 Å². The molecule has 2 rings (SSSR count). The molecule has 0 bridgehead atoms. The van der Waals surface area contributed by atoms with Crippen LogP contribution in [0.5, 0.6) is 0 Å². The van der Waals surface area contributed by atoms with Crippen LogP contribution in [0.2, 0.25) is 0 Å². The molecule has 2 heterocycles. The molecule has 0 amide bonds. The van der Waals surface area contributed by atoms with Crippen molar-refractivity contribution >= 4 is 0 Å². The molecule has 2 saturated heterocycles. The van der Waals surface area contributed by atoms with E-state index in [4.69, 9.17) is 14.2 Å². The lowest BCUT2D eigenvalue weighted by Gasteiger charge is -2.33. The molecular formula is C12H23NO3. The molecule has 94 valence electrons. The number of ether oxygens (including phenoxy) is 3. The lowest BCUT2D eigenvalue weighted by molar-refractivity contribution is -0.0850. The second-order valence-corrected chi connectivity index (χ2v) is 4.69. The van der Waals surface area contributed by atoms with Crippen LogP contribution >= 0.6 is 0 Å². The number of hydrogen-bond donors (Lipinski definition) is 1. The summed E-state index contributed by atoms with van der Waals surface area (Å²) in [6.07, 6.45) is 3.55. The molecule has 0 aliphatic carbocycles. The van der Waals surface area contributed by atoms with Gasteiger partial charge >= 0.3 is 0 Å². The third kappa shape index (κ3) is 3.42. The summed E-state index contributed by atoms with van der Waals surface area (Å²) in [4.78, 5) is 0. The Labute approximate surface area is 97.6 Å². The van der Waals surface area contributed by atoms with Crippen LogP contribution in [-0.4, -0.2) is 52.2 Å². The molecule has 0 aromatic rings. The predicted octanol–water partition coefficient (Wildman–Crippen LogP) is 0.806. The number of hydrogen-bond acceptors (Lipinski definition) is 4. The smallest absolute Gasteiger partial charge is 0.0961 e. The van der Waals surface area contributed by atoms with Crippen molar-refractivity contribution in [2.75, 3.05) is 40.1 Å².